The monoisotopic (exact) mass is 347 g/mol. The quantitative estimate of drug-likeness (QED) is 0.699. The van der Waals surface area contributed by atoms with Crippen LogP contribution in [0.4, 0.5) is 11.5 Å². The molecule has 132 valence electrons. The minimum Gasteiger partial charge on any atom is -0.497 e. The van der Waals surface area contributed by atoms with Gasteiger partial charge < -0.3 is 15.4 Å². The summed E-state index contributed by atoms with van der Waals surface area (Å²) < 4.78 is 5.09. The van der Waals surface area contributed by atoms with Crippen LogP contribution in [0.2, 0.25) is 0 Å². The SMILES string of the molecule is COc1ccc(C(=O)Nc2ccc(NCc3ccccc3C)cn2)cc1. The Kier molecular flexibility index (Phi) is 5.49. The molecule has 2 N–H and O–H groups in total. The Morgan fingerprint density at radius 3 is 2.46 bits per heavy atom. The van der Waals surface area contributed by atoms with Crippen LogP contribution in [-0.2, 0) is 6.54 Å². The van der Waals surface area contributed by atoms with Crippen LogP contribution in [-0.4, -0.2) is 18.0 Å². The topological polar surface area (TPSA) is 63.2 Å². The highest BCUT2D eigenvalue weighted by atomic mass is 16.5. The first-order valence-electron chi connectivity index (χ1n) is 8.35. The van der Waals surface area contributed by atoms with E-state index < -0.39 is 0 Å². The normalized spacial score (nSPS) is 10.2. The molecule has 1 heterocycles. The van der Waals surface area contributed by atoms with Crippen LogP contribution in [0.3, 0.4) is 0 Å². The number of amides is 1. The fraction of sp³-hybridized carbons (Fsp3) is 0.143. The zero-order chi connectivity index (χ0) is 18.4. The van der Waals surface area contributed by atoms with Gasteiger partial charge in [0.15, 0.2) is 0 Å². The van der Waals surface area contributed by atoms with Crippen molar-refractivity contribution in [2.75, 3.05) is 17.7 Å². The van der Waals surface area contributed by atoms with Gasteiger partial charge in [-0.15, -0.1) is 0 Å². The first-order chi connectivity index (χ1) is 12.7. The second-order valence-corrected chi connectivity index (χ2v) is 5.89. The van der Waals surface area contributed by atoms with Gasteiger partial charge in [-0.1, -0.05) is 24.3 Å². The summed E-state index contributed by atoms with van der Waals surface area (Å²) in [5.41, 5.74) is 3.94. The molecule has 0 aliphatic rings. The lowest BCUT2D eigenvalue weighted by atomic mass is 10.1. The summed E-state index contributed by atoms with van der Waals surface area (Å²) in [5.74, 6) is 1.01. The maximum absolute atomic E-state index is 12.2. The van der Waals surface area contributed by atoms with E-state index in [9.17, 15) is 4.79 Å². The van der Waals surface area contributed by atoms with Gasteiger partial charge in [-0.05, 0) is 54.4 Å². The van der Waals surface area contributed by atoms with Gasteiger partial charge in [0.25, 0.3) is 5.91 Å². The van der Waals surface area contributed by atoms with E-state index >= 15 is 0 Å². The van der Waals surface area contributed by atoms with Crippen molar-refractivity contribution < 1.29 is 9.53 Å². The van der Waals surface area contributed by atoms with Gasteiger partial charge in [0.2, 0.25) is 0 Å². The molecule has 0 fully saturated rings. The van der Waals surface area contributed by atoms with Gasteiger partial charge in [0.05, 0.1) is 19.0 Å². The number of anilines is 2. The van der Waals surface area contributed by atoms with Crippen molar-refractivity contribution in [3.05, 3.63) is 83.6 Å². The van der Waals surface area contributed by atoms with Crippen LogP contribution in [0.1, 0.15) is 21.5 Å². The number of aryl methyl sites for hydroxylation is 1. The highest BCUT2D eigenvalue weighted by molar-refractivity contribution is 6.03. The standard InChI is InChI=1S/C21H21N3O2/c1-15-5-3-4-6-17(15)13-22-18-9-12-20(23-14-18)24-21(25)16-7-10-19(26-2)11-8-16/h3-12,14,22H,13H2,1-2H3,(H,23,24,25). The lowest BCUT2D eigenvalue weighted by Gasteiger charge is -2.10. The number of hydrogen-bond donors (Lipinski definition) is 2. The molecule has 0 atom stereocenters. The fourth-order valence-electron chi connectivity index (χ4n) is 2.51. The van der Waals surface area contributed by atoms with Crippen LogP contribution in [0, 0.1) is 6.92 Å². The van der Waals surface area contributed by atoms with E-state index in [0.29, 0.717) is 17.1 Å². The summed E-state index contributed by atoms with van der Waals surface area (Å²) >= 11 is 0. The first kappa shape index (κ1) is 17.5. The number of hydrogen-bond acceptors (Lipinski definition) is 4. The van der Waals surface area contributed by atoms with E-state index in [2.05, 4.69) is 34.7 Å². The molecule has 5 nitrogen and oxygen atoms in total. The first-order valence-corrected chi connectivity index (χ1v) is 8.35. The molecule has 0 aliphatic carbocycles. The predicted molar refractivity (Wildman–Crippen MR) is 104 cm³/mol. The average molecular weight is 347 g/mol. The second kappa shape index (κ2) is 8.16. The van der Waals surface area contributed by atoms with Crippen molar-refractivity contribution in [1.29, 1.82) is 0 Å². The van der Waals surface area contributed by atoms with Crippen molar-refractivity contribution in [1.82, 2.24) is 4.98 Å². The Morgan fingerprint density at radius 1 is 1.04 bits per heavy atom. The molecule has 0 aliphatic heterocycles. The van der Waals surface area contributed by atoms with Gasteiger partial charge in [-0.3, -0.25) is 4.79 Å². The number of carbonyl (C=O) groups excluding carboxylic acids is 1. The van der Waals surface area contributed by atoms with Crippen molar-refractivity contribution in [2.45, 2.75) is 13.5 Å². The summed E-state index contributed by atoms with van der Waals surface area (Å²) in [6, 6.07) is 18.9. The van der Waals surface area contributed by atoms with E-state index in [1.54, 1.807) is 43.6 Å². The number of nitrogens with zero attached hydrogens (tertiary/aromatic N) is 1. The van der Waals surface area contributed by atoms with Crippen LogP contribution in [0.5, 0.6) is 5.75 Å². The molecule has 1 aromatic heterocycles. The molecular weight excluding hydrogens is 326 g/mol. The van der Waals surface area contributed by atoms with Crippen molar-refractivity contribution >= 4 is 17.4 Å². The number of ether oxygens (including phenoxy) is 1. The van der Waals surface area contributed by atoms with Gasteiger partial charge in [-0.25, -0.2) is 4.98 Å². The molecule has 1 amide bonds. The van der Waals surface area contributed by atoms with E-state index in [1.165, 1.54) is 11.1 Å². The number of benzene rings is 2. The molecule has 0 bridgehead atoms. The lowest BCUT2D eigenvalue weighted by Crippen LogP contribution is -2.13. The molecule has 0 saturated carbocycles. The third kappa shape index (κ3) is 4.39. The van der Waals surface area contributed by atoms with Gasteiger partial charge >= 0.3 is 0 Å². The number of rotatable bonds is 6. The fourth-order valence-corrected chi connectivity index (χ4v) is 2.51. The number of methoxy groups -OCH3 is 1. The third-order valence-electron chi connectivity index (χ3n) is 4.10. The number of aromatic nitrogens is 1. The van der Waals surface area contributed by atoms with Crippen LogP contribution in [0.15, 0.2) is 66.9 Å². The second-order valence-electron chi connectivity index (χ2n) is 5.89. The Bertz CT molecular complexity index is 875. The summed E-state index contributed by atoms with van der Waals surface area (Å²) in [4.78, 5) is 16.5. The molecule has 0 spiro atoms. The summed E-state index contributed by atoms with van der Waals surface area (Å²) in [5, 5.41) is 6.12. The zero-order valence-corrected chi connectivity index (χ0v) is 14.8. The predicted octanol–water partition coefficient (Wildman–Crippen LogP) is 4.26. The van der Waals surface area contributed by atoms with Gasteiger partial charge in [-0.2, -0.15) is 0 Å². The summed E-state index contributed by atoms with van der Waals surface area (Å²) in [7, 11) is 1.59. The molecule has 3 rings (SSSR count). The highest BCUT2D eigenvalue weighted by Crippen LogP contribution is 2.15. The van der Waals surface area contributed by atoms with Crippen LogP contribution >= 0.6 is 0 Å². The lowest BCUT2D eigenvalue weighted by molar-refractivity contribution is 0.102. The van der Waals surface area contributed by atoms with E-state index in [1.807, 2.05) is 18.2 Å². The van der Waals surface area contributed by atoms with Crippen LogP contribution < -0.4 is 15.4 Å². The number of nitrogens with one attached hydrogen (secondary N) is 2. The molecule has 3 aromatic rings. The maximum atomic E-state index is 12.2. The summed E-state index contributed by atoms with van der Waals surface area (Å²) in [6.07, 6.45) is 1.71. The van der Waals surface area contributed by atoms with Crippen molar-refractivity contribution in [3.63, 3.8) is 0 Å². The highest BCUT2D eigenvalue weighted by Gasteiger charge is 2.07. The molecule has 0 saturated heterocycles. The van der Waals surface area contributed by atoms with E-state index in [0.717, 1.165) is 12.2 Å². The van der Waals surface area contributed by atoms with Gasteiger partial charge in [0, 0.05) is 12.1 Å². The Labute approximate surface area is 153 Å². The molecule has 5 heteroatoms. The van der Waals surface area contributed by atoms with E-state index in [-0.39, 0.29) is 5.91 Å². The number of pyridine rings is 1. The van der Waals surface area contributed by atoms with Crippen molar-refractivity contribution in [3.8, 4) is 5.75 Å². The third-order valence-corrected chi connectivity index (χ3v) is 4.10. The maximum Gasteiger partial charge on any atom is 0.256 e. The molecule has 2 aromatic carbocycles. The van der Waals surface area contributed by atoms with Crippen molar-refractivity contribution in [2.24, 2.45) is 0 Å². The van der Waals surface area contributed by atoms with Gasteiger partial charge in [0.1, 0.15) is 11.6 Å². The molecule has 26 heavy (non-hydrogen) atoms. The molecule has 0 radical (unpaired) electrons. The van der Waals surface area contributed by atoms with E-state index in [4.69, 9.17) is 4.74 Å². The Hall–Kier alpha value is -3.34. The largest absolute Gasteiger partial charge is 0.497 e. The molecular formula is C21H21N3O2. The minimum absolute atomic E-state index is 0.208. The Morgan fingerprint density at radius 2 is 1.81 bits per heavy atom. The average Bonchev–Trinajstić information content (AvgIpc) is 2.68. The number of carbonyl (C=O) groups is 1. The zero-order valence-electron chi connectivity index (χ0n) is 14.8. The summed E-state index contributed by atoms with van der Waals surface area (Å²) in [6.45, 7) is 2.82. The smallest absolute Gasteiger partial charge is 0.256 e. The minimum atomic E-state index is -0.208. The van der Waals surface area contributed by atoms with Crippen LogP contribution in [0.25, 0.3) is 0 Å². The molecule has 0 unspecified atom stereocenters. The Balaban J connectivity index is 1.58.